The fourth-order valence-corrected chi connectivity index (χ4v) is 3.74. The number of hydrogen-bond acceptors (Lipinski definition) is 2. The van der Waals surface area contributed by atoms with E-state index in [0.717, 1.165) is 22.5 Å². The van der Waals surface area contributed by atoms with E-state index in [9.17, 15) is 4.79 Å². The van der Waals surface area contributed by atoms with Gasteiger partial charge in [-0.1, -0.05) is 42.5 Å². The van der Waals surface area contributed by atoms with Crippen LogP contribution in [0.4, 0.5) is 0 Å². The molecule has 5 heteroatoms. The number of aromatic amines is 1. The van der Waals surface area contributed by atoms with Crippen molar-refractivity contribution in [2.45, 2.75) is 32.9 Å². The van der Waals surface area contributed by atoms with Crippen molar-refractivity contribution < 1.29 is 4.79 Å². The van der Waals surface area contributed by atoms with Crippen LogP contribution in [0.3, 0.4) is 0 Å². The maximum absolute atomic E-state index is 12.8. The van der Waals surface area contributed by atoms with Crippen molar-refractivity contribution in [3.05, 3.63) is 89.5 Å². The van der Waals surface area contributed by atoms with Crippen molar-refractivity contribution in [1.82, 2.24) is 20.1 Å². The summed E-state index contributed by atoms with van der Waals surface area (Å²) in [6.45, 7) is 4.41. The zero-order chi connectivity index (χ0) is 19.5. The lowest BCUT2D eigenvalue weighted by molar-refractivity contribution is -0.121. The van der Waals surface area contributed by atoms with Gasteiger partial charge in [-0.15, -0.1) is 0 Å². The minimum Gasteiger partial charge on any atom is -0.352 e. The minimum absolute atomic E-state index is 0.0200. The Morgan fingerprint density at radius 1 is 1.07 bits per heavy atom. The zero-order valence-corrected chi connectivity index (χ0v) is 16.1. The smallest absolute Gasteiger partial charge is 0.222 e. The second-order valence-electron chi connectivity index (χ2n) is 7.11. The third-order valence-electron chi connectivity index (χ3n) is 5.29. The predicted octanol–water partition coefficient (Wildman–Crippen LogP) is 4.28. The van der Waals surface area contributed by atoms with Crippen molar-refractivity contribution in [1.29, 1.82) is 0 Å². The lowest BCUT2D eigenvalue weighted by atomic mass is 9.96. The first-order valence-corrected chi connectivity index (χ1v) is 9.50. The number of nitrogens with zero attached hydrogens (tertiary/aromatic N) is 2. The maximum Gasteiger partial charge on any atom is 0.222 e. The lowest BCUT2D eigenvalue weighted by Gasteiger charge is -2.21. The second kappa shape index (κ2) is 7.72. The van der Waals surface area contributed by atoms with Crippen LogP contribution in [0.25, 0.3) is 10.8 Å². The van der Waals surface area contributed by atoms with Crippen LogP contribution in [0.5, 0.6) is 0 Å². The SMILES string of the molecule is Cc1n[nH]c(C)c1CNC(=O)C[C@@H](c1cccc2ccccc12)n1cccc1. The van der Waals surface area contributed by atoms with Crippen LogP contribution in [0.1, 0.15) is 35.0 Å². The van der Waals surface area contributed by atoms with Gasteiger partial charge in [0.1, 0.15) is 0 Å². The molecule has 4 rings (SSSR count). The number of nitrogens with one attached hydrogen (secondary N) is 2. The molecule has 28 heavy (non-hydrogen) atoms. The topological polar surface area (TPSA) is 62.7 Å². The van der Waals surface area contributed by atoms with Gasteiger partial charge < -0.3 is 9.88 Å². The summed E-state index contributed by atoms with van der Waals surface area (Å²) in [4.78, 5) is 12.8. The van der Waals surface area contributed by atoms with Gasteiger partial charge in [-0.05, 0) is 42.3 Å². The van der Waals surface area contributed by atoms with Crippen molar-refractivity contribution in [2.75, 3.05) is 0 Å². The number of carbonyl (C=O) groups excluding carboxylic acids is 1. The molecule has 2 N–H and O–H groups in total. The standard InChI is InChI=1S/C23H24N4O/c1-16-21(17(2)26-25-16)15-24-23(28)14-22(27-12-5-6-13-27)20-11-7-9-18-8-3-4-10-19(18)20/h3-13,22H,14-15H2,1-2H3,(H,24,28)(H,25,26)/t22-/m0/s1. The van der Waals surface area contributed by atoms with Crippen molar-refractivity contribution in [3.63, 3.8) is 0 Å². The molecular weight excluding hydrogens is 348 g/mol. The van der Waals surface area contributed by atoms with Crippen LogP contribution in [0.15, 0.2) is 67.0 Å². The van der Waals surface area contributed by atoms with E-state index in [0.29, 0.717) is 13.0 Å². The largest absolute Gasteiger partial charge is 0.352 e. The molecule has 0 fully saturated rings. The molecule has 0 radical (unpaired) electrons. The summed E-state index contributed by atoms with van der Waals surface area (Å²) in [5.41, 5.74) is 4.12. The first-order chi connectivity index (χ1) is 13.6. The van der Waals surface area contributed by atoms with E-state index in [1.807, 2.05) is 50.5 Å². The Morgan fingerprint density at radius 2 is 1.82 bits per heavy atom. The molecule has 0 aliphatic heterocycles. The average Bonchev–Trinajstić information content (AvgIpc) is 3.35. The summed E-state index contributed by atoms with van der Waals surface area (Å²) >= 11 is 0. The van der Waals surface area contributed by atoms with Crippen LogP contribution in [0.2, 0.25) is 0 Å². The minimum atomic E-state index is -0.0624. The number of aromatic nitrogens is 3. The maximum atomic E-state index is 12.8. The van der Waals surface area contributed by atoms with Crippen LogP contribution in [0, 0.1) is 13.8 Å². The Bertz CT molecular complexity index is 1070. The highest BCUT2D eigenvalue weighted by Gasteiger charge is 2.20. The number of aryl methyl sites for hydroxylation is 2. The Hall–Kier alpha value is -3.34. The summed E-state index contributed by atoms with van der Waals surface area (Å²) < 4.78 is 2.11. The molecule has 0 unspecified atom stereocenters. The van der Waals surface area contributed by atoms with Gasteiger partial charge in [-0.2, -0.15) is 5.10 Å². The molecular formula is C23H24N4O. The van der Waals surface area contributed by atoms with E-state index in [2.05, 4.69) is 50.4 Å². The van der Waals surface area contributed by atoms with Crippen LogP contribution in [-0.4, -0.2) is 20.7 Å². The van der Waals surface area contributed by atoms with E-state index in [1.54, 1.807) is 0 Å². The van der Waals surface area contributed by atoms with Gasteiger partial charge in [0.15, 0.2) is 0 Å². The predicted molar refractivity (Wildman–Crippen MR) is 111 cm³/mol. The number of fused-ring (bicyclic) bond motifs is 1. The second-order valence-corrected chi connectivity index (χ2v) is 7.11. The molecule has 2 aromatic heterocycles. The Labute approximate surface area is 164 Å². The van der Waals surface area contributed by atoms with Crippen LogP contribution < -0.4 is 5.32 Å². The summed E-state index contributed by atoms with van der Waals surface area (Å²) in [6, 6.07) is 18.5. The van der Waals surface area contributed by atoms with Crippen molar-refractivity contribution in [2.24, 2.45) is 0 Å². The molecule has 2 heterocycles. The first-order valence-electron chi connectivity index (χ1n) is 9.50. The van der Waals surface area contributed by atoms with Gasteiger partial charge in [0.25, 0.3) is 0 Å². The number of hydrogen-bond donors (Lipinski definition) is 2. The molecule has 0 saturated heterocycles. The summed E-state index contributed by atoms with van der Waals surface area (Å²) in [7, 11) is 0. The summed E-state index contributed by atoms with van der Waals surface area (Å²) in [5, 5.41) is 12.6. The van der Waals surface area contributed by atoms with Crippen molar-refractivity contribution in [3.8, 4) is 0 Å². The van der Waals surface area contributed by atoms with Crippen LogP contribution in [-0.2, 0) is 11.3 Å². The number of benzene rings is 2. The molecule has 2 aromatic carbocycles. The third kappa shape index (κ3) is 3.56. The van der Waals surface area contributed by atoms with Gasteiger partial charge in [0.05, 0.1) is 18.2 Å². The van der Waals surface area contributed by atoms with Gasteiger partial charge in [0, 0.05) is 30.2 Å². The van der Waals surface area contributed by atoms with E-state index >= 15 is 0 Å². The fraction of sp³-hybridized carbons (Fsp3) is 0.217. The van der Waals surface area contributed by atoms with E-state index in [1.165, 1.54) is 10.8 Å². The van der Waals surface area contributed by atoms with Gasteiger partial charge in [-0.25, -0.2) is 0 Å². The highest BCUT2D eigenvalue weighted by atomic mass is 16.1. The molecule has 4 aromatic rings. The van der Waals surface area contributed by atoms with Gasteiger partial charge in [0.2, 0.25) is 5.91 Å². The number of carbonyl (C=O) groups is 1. The molecule has 0 bridgehead atoms. The van der Waals surface area contributed by atoms with Crippen LogP contribution >= 0.6 is 0 Å². The molecule has 0 aliphatic carbocycles. The van der Waals surface area contributed by atoms with Gasteiger partial charge >= 0.3 is 0 Å². The zero-order valence-electron chi connectivity index (χ0n) is 16.1. The molecule has 0 aliphatic rings. The van der Waals surface area contributed by atoms with E-state index < -0.39 is 0 Å². The first kappa shape index (κ1) is 18.0. The molecule has 5 nitrogen and oxygen atoms in total. The number of amides is 1. The summed E-state index contributed by atoms with van der Waals surface area (Å²) in [5.74, 6) is 0.0200. The summed E-state index contributed by atoms with van der Waals surface area (Å²) in [6.07, 6.45) is 4.41. The highest BCUT2D eigenvalue weighted by molar-refractivity contribution is 5.87. The normalized spacial score (nSPS) is 12.2. The Morgan fingerprint density at radius 3 is 2.57 bits per heavy atom. The number of rotatable bonds is 6. The highest BCUT2D eigenvalue weighted by Crippen LogP contribution is 2.29. The molecule has 1 amide bonds. The van der Waals surface area contributed by atoms with E-state index in [4.69, 9.17) is 0 Å². The molecule has 1 atom stereocenters. The molecule has 0 saturated carbocycles. The quantitative estimate of drug-likeness (QED) is 0.531. The van der Waals surface area contributed by atoms with Gasteiger partial charge in [-0.3, -0.25) is 9.89 Å². The Balaban J connectivity index is 1.60. The monoisotopic (exact) mass is 372 g/mol. The fourth-order valence-electron chi connectivity index (χ4n) is 3.74. The van der Waals surface area contributed by atoms with Crippen molar-refractivity contribution >= 4 is 16.7 Å². The lowest BCUT2D eigenvalue weighted by Crippen LogP contribution is -2.27. The molecule has 142 valence electrons. The Kier molecular flexibility index (Phi) is 4.98. The third-order valence-corrected chi connectivity index (χ3v) is 5.29. The van der Waals surface area contributed by atoms with E-state index in [-0.39, 0.29) is 11.9 Å². The average molecular weight is 372 g/mol. The number of H-pyrrole nitrogens is 1. The molecule has 0 spiro atoms.